The minimum Gasteiger partial charge on any atom is -0.355 e. The van der Waals surface area contributed by atoms with Crippen LogP contribution >= 0.6 is 0 Å². The lowest BCUT2D eigenvalue weighted by atomic mass is 10.4. The van der Waals surface area contributed by atoms with Crippen molar-refractivity contribution in [3.63, 3.8) is 0 Å². The summed E-state index contributed by atoms with van der Waals surface area (Å²) < 4.78 is 2.17. The maximum Gasteiger partial charge on any atom is 0.332 e. The number of fused-ring (bicyclic) bond motifs is 1. The molecule has 1 atom stereocenters. The zero-order valence-corrected chi connectivity index (χ0v) is 7.68. The molecule has 2 rings (SSSR count). The number of aliphatic hydroxyl groups excluding tert-OH is 1. The molecule has 14 heavy (non-hydrogen) atoms. The third-order valence-corrected chi connectivity index (χ3v) is 2.15. The van der Waals surface area contributed by atoms with Gasteiger partial charge in [-0.25, -0.2) is 10.1 Å². The Morgan fingerprint density at radius 2 is 2.00 bits per heavy atom. The lowest BCUT2D eigenvalue weighted by molar-refractivity contribution is 0.187. The van der Waals surface area contributed by atoms with E-state index in [-0.39, 0.29) is 11.5 Å². The van der Waals surface area contributed by atoms with E-state index in [1.54, 1.807) is 0 Å². The van der Waals surface area contributed by atoms with Crippen LogP contribution in [0.3, 0.4) is 0 Å². The van der Waals surface area contributed by atoms with Crippen LogP contribution in [0.4, 0.5) is 11.5 Å². The molecule has 75 valence electrons. The molecule has 0 amide bonds. The topological polar surface area (TPSA) is 90.4 Å². The molecular formula is C7H9N4O3. The molecule has 0 aromatic carbocycles. The SMILES string of the molecule is Cn1c2c(c(=O)n(C)c1=O)NC(O)[N]2. The van der Waals surface area contributed by atoms with Gasteiger partial charge < -0.3 is 10.4 Å². The largest absolute Gasteiger partial charge is 0.355 e. The van der Waals surface area contributed by atoms with E-state index in [9.17, 15) is 9.59 Å². The minimum absolute atomic E-state index is 0.155. The van der Waals surface area contributed by atoms with Crippen molar-refractivity contribution in [3.05, 3.63) is 20.8 Å². The molecule has 7 nitrogen and oxygen atoms in total. The highest BCUT2D eigenvalue weighted by atomic mass is 16.3. The smallest absolute Gasteiger partial charge is 0.332 e. The van der Waals surface area contributed by atoms with E-state index in [2.05, 4.69) is 10.6 Å². The van der Waals surface area contributed by atoms with Crippen LogP contribution < -0.4 is 21.9 Å². The third-order valence-electron chi connectivity index (χ3n) is 2.15. The molecule has 0 saturated carbocycles. The molecule has 1 aromatic heterocycles. The molecule has 2 N–H and O–H groups in total. The lowest BCUT2D eigenvalue weighted by Crippen LogP contribution is -2.37. The van der Waals surface area contributed by atoms with Gasteiger partial charge in [0.05, 0.1) is 0 Å². The Morgan fingerprint density at radius 3 is 2.64 bits per heavy atom. The molecule has 0 spiro atoms. The average molecular weight is 197 g/mol. The van der Waals surface area contributed by atoms with Crippen LogP contribution in [0.1, 0.15) is 0 Å². The maximum atomic E-state index is 11.5. The number of rotatable bonds is 0. The van der Waals surface area contributed by atoms with Crippen LogP contribution in [0.2, 0.25) is 0 Å². The second-order valence-electron chi connectivity index (χ2n) is 3.05. The fraction of sp³-hybridized carbons (Fsp3) is 0.429. The van der Waals surface area contributed by atoms with E-state index in [0.29, 0.717) is 0 Å². The van der Waals surface area contributed by atoms with Crippen molar-refractivity contribution >= 4 is 11.5 Å². The van der Waals surface area contributed by atoms with Gasteiger partial charge in [-0.05, 0) is 0 Å². The van der Waals surface area contributed by atoms with E-state index in [1.165, 1.54) is 18.7 Å². The predicted octanol–water partition coefficient (Wildman–Crippen LogP) is -1.98. The van der Waals surface area contributed by atoms with Crippen molar-refractivity contribution in [1.29, 1.82) is 0 Å². The molecule has 0 fully saturated rings. The molecule has 7 heteroatoms. The highest BCUT2D eigenvalue weighted by molar-refractivity contribution is 5.63. The Labute approximate surface area is 78.6 Å². The quantitative estimate of drug-likeness (QED) is 0.504. The van der Waals surface area contributed by atoms with Gasteiger partial charge in [0.2, 0.25) is 6.35 Å². The lowest BCUT2D eigenvalue weighted by Gasteiger charge is -2.05. The Hall–Kier alpha value is -1.76. The van der Waals surface area contributed by atoms with Gasteiger partial charge in [-0.15, -0.1) is 0 Å². The van der Waals surface area contributed by atoms with Gasteiger partial charge in [-0.1, -0.05) is 0 Å². The Bertz CT molecular complexity index is 501. The van der Waals surface area contributed by atoms with Gasteiger partial charge >= 0.3 is 5.69 Å². The first kappa shape index (κ1) is 8.82. The summed E-state index contributed by atoms with van der Waals surface area (Å²) in [7, 11) is 2.86. The van der Waals surface area contributed by atoms with Crippen molar-refractivity contribution in [3.8, 4) is 0 Å². The summed E-state index contributed by atoms with van der Waals surface area (Å²) >= 11 is 0. The van der Waals surface area contributed by atoms with Gasteiger partial charge in [-0.3, -0.25) is 13.9 Å². The first-order valence-electron chi connectivity index (χ1n) is 3.98. The van der Waals surface area contributed by atoms with E-state index < -0.39 is 17.6 Å². The van der Waals surface area contributed by atoms with Gasteiger partial charge in [0.15, 0.2) is 5.82 Å². The zero-order chi connectivity index (χ0) is 10.5. The zero-order valence-electron chi connectivity index (χ0n) is 7.68. The Morgan fingerprint density at radius 1 is 1.36 bits per heavy atom. The van der Waals surface area contributed by atoms with Crippen LogP contribution in [0.5, 0.6) is 0 Å². The molecule has 1 aromatic rings. The monoisotopic (exact) mass is 197 g/mol. The van der Waals surface area contributed by atoms with Gasteiger partial charge in [-0.2, -0.15) is 0 Å². The second-order valence-corrected chi connectivity index (χ2v) is 3.05. The molecule has 0 saturated heterocycles. The fourth-order valence-corrected chi connectivity index (χ4v) is 1.39. The van der Waals surface area contributed by atoms with Crippen molar-refractivity contribution in [2.24, 2.45) is 14.1 Å². The van der Waals surface area contributed by atoms with Crippen molar-refractivity contribution < 1.29 is 5.11 Å². The maximum absolute atomic E-state index is 11.5. The first-order chi connectivity index (χ1) is 6.52. The molecule has 1 aliphatic heterocycles. The van der Waals surface area contributed by atoms with E-state index in [0.717, 1.165) is 4.57 Å². The highest BCUT2D eigenvalue weighted by Crippen LogP contribution is 2.21. The van der Waals surface area contributed by atoms with Crippen LogP contribution in [0.15, 0.2) is 9.59 Å². The molecule has 1 unspecified atom stereocenters. The summed E-state index contributed by atoms with van der Waals surface area (Å²) in [5.41, 5.74) is -0.793. The number of nitrogens with one attached hydrogen (secondary N) is 1. The number of anilines is 1. The van der Waals surface area contributed by atoms with E-state index in [1.807, 2.05) is 0 Å². The standard InChI is InChI=1S/C7H9N4O3/c1-10-4-3(8-6(13)9-4)5(12)11(2)7(10)14/h6,8,13H,1-2H3. The summed E-state index contributed by atoms with van der Waals surface area (Å²) in [6, 6.07) is 0. The highest BCUT2D eigenvalue weighted by Gasteiger charge is 2.26. The van der Waals surface area contributed by atoms with Crippen LogP contribution in [-0.4, -0.2) is 20.6 Å². The molecular weight excluding hydrogens is 188 g/mol. The average Bonchev–Trinajstić information content (AvgIpc) is 2.54. The number of nitrogens with zero attached hydrogens (tertiary/aromatic N) is 3. The third kappa shape index (κ3) is 0.956. The number of aliphatic hydroxyl groups is 1. The van der Waals surface area contributed by atoms with Crippen LogP contribution in [0.25, 0.3) is 0 Å². The molecule has 1 radical (unpaired) electrons. The van der Waals surface area contributed by atoms with Gasteiger partial charge in [0, 0.05) is 14.1 Å². The van der Waals surface area contributed by atoms with E-state index in [4.69, 9.17) is 5.11 Å². The van der Waals surface area contributed by atoms with Crippen molar-refractivity contribution in [1.82, 2.24) is 14.5 Å². The summed E-state index contributed by atoms with van der Waals surface area (Å²) in [4.78, 5) is 22.9. The molecule has 0 bridgehead atoms. The minimum atomic E-state index is -1.15. The van der Waals surface area contributed by atoms with Crippen molar-refractivity contribution in [2.75, 3.05) is 5.32 Å². The fourth-order valence-electron chi connectivity index (χ4n) is 1.39. The molecule has 0 aliphatic carbocycles. The number of hydrogen-bond acceptors (Lipinski definition) is 4. The van der Waals surface area contributed by atoms with Gasteiger partial charge in [0.25, 0.3) is 5.56 Å². The second kappa shape index (κ2) is 2.61. The van der Waals surface area contributed by atoms with Crippen LogP contribution in [0, 0.1) is 0 Å². The normalized spacial score (nSPS) is 18.6. The van der Waals surface area contributed by atoms with E-state index >= 15 is 0 Å². The number of aromatic nitrogens is 2. The van der Waals surface area contributed by atoms with Gasteiger partial charge in [0.1, 0.15) is 5.69 Å². The summed E-state index contributed by atoms with van der Waals surface area (Å²) in [5, 5.41) is 15.3. The summed E-state index contributed by atoms with van der Waals surface area (Å²) in [6.07, 6.45) is -1.15. The Balaban J connectivity index is 2.84. The Kier molecular flexibility index (Phi) is 1.65. The first-order valence-corrected chi connectivity index (χ1v) is 3.98. The van der Waals surface area contributed by atoms with Crippen LogP contribution in [-0.2, 0) is 14.1 Å². The summed E-state index contributed by atoms with van der Waals surface area (Å²) in [5.74, 6) is 0.186. The molecule has 2 heterocycles. The summed E-state index contributed by atoms with van der Waals surface area (Å²) in [6.45, 7) is 0. The van der Waals surface area contributed by atoms with Crippen molar-refractivity contribution in [2.45, 2.75) is 6.35 Å². The predicted molar refractivity (Wildman–Crippen MR) is 48.3 cm³/mol. The molecule has 1 aliphatic rings. The number of hydrogen-bond donors (Lipinski definition) is 2.